The van der Waals surface area contributed by atoms with Gasteiger partial charge in [0.1, 0.15) is 5.75 Å². The number of nitrogens with one attached hydrogen (secondary N) is 2. The van der Waals surface area contributed by atoms with Gasteiger partial charge in [-0.3, -0.25) is 10.1 Å². The molecule has 4 nitrogen and oxygen atoms in total. The predicted octanol–water partition coefficient (Wildman–Crippen LogP) is 3.04. The summed E-state index contributed by atoms with van der Waals surface area (Å²) >= 11 is 0. The van der Waals surface area contributed by atoms with E-state index in [-0.39, 0.29) is 23.5 Å². The fourth-order valence-electron chi connectivity index (χ4n) is 1.97. The van der Waals surface area contributed by atoms with E-state index in [4.69, 9.17) is 4.74 Å². The molecule has 1 amide bonds. The quantitative estimate of drug-likeness (QED) is 0.812. The Hall–Kier alpha value is -1.55. The van der Waals surface area contributed by atoms with Crippen LogP contribution in [0.5, 0.6) is 5.75 Å². The van der Waals surface area contributed by atoms with Crippen LogP contribution in [0.3, 0.4) is 0 Å². The normalized spacial score (nSPS) is 14.4. The lowest BCUT2D eigenvalue weighted by Crippen LogP contribution is -2.51. The second-order valence-electron chi connectivity index (χ2n) is 6.11. The number of carbonyl (C=O) groups excluding carboxylic acids is 1. The highest BCUT2D eigenvalue weighted by molar-refractivity contribution is 5.82. The molecule has 21 heavy (non-hydrogen) atoms. The average molecular weight is 292 g/mol. The molecule has 2 atom stereocenters. The summed E-state index contributed by atoms with van der Waals surface area (Å²) in [6.45, 7) is 10.1. The van der Waals surface area contributed by atoms with Crippen molar-refractivity contribution in [2.24, 2.45) is 0 Å². The third-order valence-corrected chi connectivity index (χ3v) is 3.85. The van der Waals surface area contributed by atoms with E-state index in [9.17, 15) is 4.79 Å². The second kappa shape index (κ2) is 7.46. The van der Waals surface area contributed by atoms with Gasteiger partial charge in [0.15, 0.2) is 0 Å². The molecule has 1 unspecified atom stereocenters. The number of benzene rings is 1. The average Bonchev–Trinajstić information content (AvgIpc) is 2.46. The molecule has 1 aromatic rings. The van der Waals surface area contributed by atoms with Gasteiger partial charge in [-0.05, 0) is 51.8 Å². The number of ether oxygens (including phenoxy) is 1. The van der Waals surface area contributed by atoms with Crippen molar-refractivity contribution in [1.82, 2.24) is 10.6 Å². The van der Waals surface area contributed by atoms with Crippen LogP contribution in [0.15, 0.2) is 24.3 Å². The van der Waals surface area contributed by atoms with Crippen molar-refractivity contribution in [2.75, 3.05) is 7.11 Å². The van der Waals surface area contributed by atoms with Gasteiger partial charge < -0.3 is 10.1 Å². The van der Waals surface area contributed by atoms with Crippen molar-refractivity contribution in [2.45, 2.75) is 58.7 Å². The lowest BCUT2D eigenvalue weighted by Gasteiger charge is -2.28. The van der Waals surface area contributed by atoms with E-state index in [2.05, 4.69) is 24.5 Å². The Morgan fingerprint density at radius 1 is 1.24 bits per heavy atom. The summed E-state index contributed by atoms with van der Waals surface area (Å²) in [4.78, 5) is 12.2. The molecule has 0 bridgehead atoms. The molecule has 0 aliphatic heterocycles. The molecular weight excluding hydrogens is 264 g/mol. The van der Waals surface area contributed by atoms with E-state index < -0.39 is 0 Å². The van der Waals surface area contributed by atoms with Gasteiger partial charge >= 0.3 is 0 Å². The highest BCUT2D eigenvalue weighted by atomic mass is 16.5. The van der Waals surface area contributed by atoms with Gasteiger partial charge in [0, 0.05) is 11.6 Å². The van der Waals surface area contributed by atoms with Gasteiger partial charge in [0.05, 0.1) is 13.2 Å². The lowest BCUT2D eigenvalue weighted by molar-refractivity contribution is -0.124. The third-order valence-electron chi connectivity index (χ3n) is 3.85. The summed E-state index contributed by atoms with van der Waals surface area (Å²) in [7, 11) is 1.65. The van der Waals surface area contributed by atoms with Crippen LogP contribution in [0, 0.1) is 0 Å². The van der Waals surface area contributed by atoms with Crippen molar-refractivity contribution >= 4 is 5.91 Å². The van der Waals surface area contributed by atoms with Gasteiger partial charge in [-0.2, -0.15) is 0 Å². The molecule has 118 valence electrons. The highest BCUT2D eigenvalue weighted by Gasteiger charge is 2.22. The van der Waals surface area contributed by atoms with Crippen LogP contribution in [0.25, 0.3) is 0 Å². The number of methoxy groups -OCH3 is 1. The van der Waals surface area contributed by atoms with Crippen LogP contribution in [0.1, 0.15) is 52.6 Å². The lowest BCUT2D eigenvalue weighted by atomic mass is 10.0. The molecule has 0 saturated carbocycles. The van der Waals surface area contributed by atoms with E-state index in [0.29, 0.717) is 0 Å². The molecule has 0 fully saturated rings. The first-order valence-electron chi connectivity index (χ1n) is 7.51. The summed E-state index contributed by atoms with van der Waals surface area (Å²) in [5.41, 5.74) is 0.960. The topological polar surface area (TPSA) is 50.4 Å². The Labute approximate surface area is 128 Å². The smallest absolute Gasteiger partial charge is 0.237 e. The largest absolute Gasteiger partial charge is 0.497 e. The van der Waals surface area contributed by atoms with Crippen molar-refractivity contribution in [1.29, 1.82) is 0 Å². The Balaban J connectivity index is 2.60. The molecule has 0 heterocycles. The molecule has 0 aliphatic rings. The Morgan fingerprint density at radius 3 is 2.29 bits per heavy atom. The third kappa shape index (κ3) is 5.38. The first-order valence-corrected chi connectivity index (χ1v) is 7.51. The minimum atomic E-state index is -0.243. The minimum absolute atomic E-state index is 0.0298. The highest BCUT2D eigenvalue weighted by Crippen LogP contribution is 2.18. The number of amides is 1. The number of hydrogen-bond acceptors (Lipinski definition) is 3. The maximum Gasteiger partial charge on any atom is 0.237 e. The van der Waals surface area contributed by atoms with Crippen molar-refractivity contribution in [3.05, 3.63) is 29.8 Å². The summed E-state index contributed by atoms with van der Waals surface area (Å²) in [6.07, 6.45) is 0.902. The molecule has 0 aliphatic carbocycles. The Bertz CT molecular complexity index is 454. The zero-order chi connectivity index (χ0) is 16.0. The zero-order valence-corrected chi connectivity index (χ0v) is 14.0. The number of carbonyl (C=O) groups is 1. The maximum absolute atomic E-state index is 12.2. The molecular formula is C17H28N2O2. The minimum Gasteiger partial charge on any atom is -0.497 e. The molecule has 0 spiro atoms. The van der Waals surface area contributed by atoms with E-state index in [1.165, 1.54) is 0 Å². The van der Waals surface area contributed by atoms with E-state index in [0.717, 1.165) is 17.7 Å². The van der Waals surface area contributed by atoms with Gasteiger partial charge in [-0.15, -0.1) is 0 Å². The zero-order valence-electron chi connectivity index (χ0n) is 14.0. The molecule has 4 heteroatoms. The SMILES string of the molecule is CCC(C)(C)NC(=O)C(C)N[C@@H](C)c1ccc(OC)cc1. The molecule has 1 aromatic carbocycles. The Morgan fingerprint density at radius 2 is 1.81 bits per heavy atom. The van der Waals surface area contributed by atoms with E-state index in [1.807, 2.05) is 45.0 Å². The van der Waals surface area contributed by atoms with Gasteiger partial charge in [0.2, 0.25) is 5.91 Å². The van der Waals surface area contributed by atoms with Crippen LogP contribution in [0.2, 0.25) is 0 Å². The summed E-state index contributed by atoms with van der Waals surface area (Å²) in [6, 6.07) is 7.74. The molecule has 0 aromatic heterocycles. The van der Waals surface area contributed by atoms with Gasteiger partial charge in [-0.25, -0.2) is 0 Å². The molecule has 0 radical (unpaired) electrons. The van der Waals surface area contributed by atoms with Crippen LogP contribution in [-0.4, -0.2) is 24.6 Å². The van der Waals surface area contributed by atoms with Crippen molar-refractivity contribution in [3.8, 4) is 5.75 Å². The monoisotopic (exact) mass is 292 g/mol. The molecule has 1 rings (SSSR count). The predicted molar refractivity (Wildman–Crippen MR) is 86.5 cm³/mol. The van der Waals surface area contributed by atoms with Crippen LogP contribution in [0.4, 0.5) is 0 Å². The fourth-order valence-corrected chi connectivity index (χ4v) is 1.97. The number of hydrogen-bond donors (Lipinski definition) is 2. The summed E-state index contributed by atoms with van der Waals surface area (Å²) in [5, 5.41) is 6.39. The second-order valence-corrected chi connectivity index (χ2v) is 6.11. The van der Waals surface area contributed by atoms with Crippen molar-refractivity contribution in [3.63, 3.8) is 0 Å². The Kier molecular flexibility index (Phi) is 6.21. The molecule has 0 saturated heterocycles. The first-order chi connectivity index (χ1) is 9.79. The van der Waals surface area contributed by atoms with E-state index in [1.54, 1.807) is 7.11 Å². The summed E-state index contributed by atoms with van der Waals surface area (Å²) in [5.74, 6) is 0.864. The fraction of sp³-hybridized carbons (Fsp3) is 0.588. The van der Waals surface area contributed by atoms with Gasteiger partial charge in [0.25, 0.3) is 0 Å². The first kappa shape index (κ1) is 17.5. The van der Waals surface area contributed by atoms with Gasteiger partial charge in [-0.1, -0.05) is 19.1 Å². The van der Waals surface area contributed by atoms with Crippen molar-refractivity contribution < 1.29 is 9.53 Å². The maximum atomic E-state index is 12.2. The standard InChI is InChI=1S/C17H28N2O2/c1-7-17(4,5)19-16(20)13(3)18-12(2)14-8-10-15(21-6)11-9-14/h8-13,18H,7H2,1-6H3,(H,19,20)/t12-,13?/m0/s1. The van der Waals surface area contributed by atoms with E-state index >= 15 is 0 Å². The van der Waals surface area contributed by atoms with Crippen LogP contribution >= 0.6 is 0 Å². The number of rotatable bonds is 7. The summed E-state index contributed by atoms with van der Waals surface area (Å²) < 4.78 is 5.15. The molecule has 2 N–H and O–H groups in total. The van der Waals surface area contributed by atoms with Crippen LogP contribution < -0.4 is 15.4 Å². The van der Waals surface area contributed by atoms with Crippen LogP contribution in [-0.2, 0) is 4.79 Å².